The highest BCUT2D eigenvalue weighted by atomic mass is 35.5. The lowest BCUT2D eigenvalue weighted by Crippen LogP contribution is -2.19. The van der Waals surface area contributed by atoms with Crippen molar-refractivity contribution in [2.75, 3.05) is 0 Å². The Morgan fingerprint density at radius 3 is 2.54 bits per heavy atom. The van der Waals surface area contributed by atoms with Gasteiger partial charge in [-0.25, -0.2) is 4.79 Å². The van der Waals surface area contributed by atoms with Crippen LogP contribution in [-0.4, -0.2) is 0 Å². The van der Waals surface area contributed by atoms with E-state index < -0.39 is 0 Å². The predicted molar refractivity (Wildman–Crippen MR) is 98.9 cm³/mol. The Bertz CT molecular complexity index is 932. The maximum atomic E-state index is 11.8. The molecule has 124 valence electrons. The standard InChI is InChI=1S/C19H17Cl2NO2/c1-11-7-18-16(9-17(11)21)14(8-19(23)24-18)10-22-12(2)13-3-5-15(20)6-4-13/h3-9,12,22H,10H2,1-2H3/t12-/m0/s1. The minimum Gasteiger partial charge on any atom is -0.423 e. The van der Waals surface area contributed by atoms with E-state index in [0.717, 1.165) is 22.1 Å². The summed E-state index contributed by atoms with van der Waals surface area (Å²) in [5.41, 5.74) is 3.07. The van der Waals surface area contributed by atoms with E-state index in [1.807, 2.05) is 37.3 Å². The Hall–Kier alpha value is -1.81. The van der Waals surface area contributed by atoms with Crippen molar-refractivity contribution in [3.63, 3.8) is 0 Å². The summed E-state index contributed by atoms with van der Waals surface area (Å²) in [6.07, 6.45) is 0. The molecule has 0 fully saturated rings. The van der Waals surface area contributed by atoms with Crippen LogP contribution in [-0.2, 0) is 6.54 Å². The predicted octanol–water partition coefficient (Wildman–Crippen LogP) is 5.26. The van der Waals surface area contributed by atoms with Crippen molar-refractivity contribution < 1.29 is 4.42 Å². The van der Waals surface area contributed by atoms with Gasteiger partial charge in [0.1, 0.15) is 5.58 Å². The van der Waals surface area contributed by atoms with Crippen LogP contribution in [0.4, 0.5) is 0 Å². The molecule has 0 spiro atoms. The van der Waals surface area contributed by atoms with Crippen molar-refractivity contribution in [3.05, 3.63) is 79.6 Å². The largest absolute Gasteiger partial charge is 0.423 e. The van der Waals surface area contributed by atoms with Crippen LogP contribution in [0.25, 0.3) is 11.0 Å². The topological polar surface area (TPSA) is 42.2 Å². The molecule has 3 rings (SSSR count). The van der Waals surface area contributed by atoms with Gasteiger partial charge in [-0.15, -0.1) is 0 Å². The normalized spacial score (nSPS) is 12.5. The molecule has 3 nitrogen and oxygen atoms in total. The van der Waals surface area contributed by atoms with E-state index in [0.29, 0.717) is 22.2 Å². The van der Waals surface area contributed by atoms with Crippen molar-refractivity contribution in [2.45, 2.75) is 26.4 Å². The molecule has 1 atom stereocenters. The minimum atomic E-state index is -0.361. The summed E-state index contributed by atoms with van der Waals surface area (Å²) in [5.74, 6) is 0. The highest BCUT2D eigenvalue weighted by Gasteiger charge is 2.10. The van der Waals surface area contributed by atoms with Crippen LogP contribution in [0, 0.1) is 6.92 Å². The fraction of sp³-hybridized carbons (Fsp3) is 0.211. The SMILES string of the molecule is Cc1cc2oc(=O)cc(CN[C@@H](C)c3ccc(Cl)cc3)c2cc1Cl. The van der Waals surface area contributed by atoms with E-state index in [9.17, 15) is 4.79 Å². The first kappa shape index (κ1) is 17.0. The van der Waals surface area contributed by atoms with Crippen molar-refractivity contribution in [3.8, 4) is 0 Å². The van der Waals surface area contributed by atoms with Crippen molar-refractivity contribution >= 4 is 34.2 Å². The van der Waals surface area contributed by atoms with E-state index in [1.54, 1.807) is 6.07 Å². The van der Waals surface area contributed by atoms with Gasteiger partial charge >= 0.3 is 5.63 Å². The van der Waals surface area contributed by atoms with Gasteiger partial charge in [-0.1, -0.05) is 35.3 Å². The van der Waals surface area contributed by atoms with Crippen LogP contribution in [0.5, 0.6) is 0 Å². The van der Waals surface area contributed by atoms with Crippen LogP contribution in [0.15, 0.2) is 51.7 Å². The smallest absolute Gasteiger partial charge is 0.336 e. The zero-order valence-electron chi connectivity index (χ0n) is 13.4. The number of fused-ring (bicyclic) bond motifs is 1. The highest BCUT2D eigenvalue weighted by molar-refractivity contribution is 6.32. The van der Waals surface area contributed by atoms with Gasteiger partial charge in [-0.3, -0.25) is 0 Å². The molecular formula is C19H17Cl2NO2. The zero-order chi connectivity index (χ0) is 17.3. The van der Waals surface area contributed by atoms with Crippen molar-refractivity contribution in [1.82, 2.24) is 5.32 Å². The molecule has 1 N–H and O–H groups in total. The van der Waals surface area contributed by atoms with Gasteiger partial charge in [0.25, 0.3) is 0 Å². The number of aryl methyl sites for hydroxylation is 1. The van der Waals surface area contributed by atoms with Crippen molar-refractivity contribution in [1.29, 1.82) is 0 Å². The summed E-state index contributed by atoms with van der Waals surface area (Å²) in [6.45, 7) is 4.48. The fourth-order valence-corrected chi connectivity index (χ4v) is 2.92. The van der Waals surface area contributed by atoms with E-state index >= 15 is 0 Å². The number of benzene rings is 2. The summed E-state index contributed by atoms with van der Waals surface area (Å²) in [7, 11) is 0. The molecule has 5 heteroatoms. The van der Waals surface area contributed by atoms with Crippen LogP contribution >= 0.6 is 23.2 Å². The van der Waals surface area contributed by atoms with Crippen LogP contribution in [0.1, 0.15) is 29.7 Å². The van der Waals surface area contributed by atoms with Gasteiger partial charge in [-0.2, -0.15) is 0 Å². The zero-order valence-corrected chi connectivity index (χ0v) is 14.9. The third-order valence-electron chi connectivity index (χ3n) is 4.08. The number of nitrogens with one attached hydrogen (secondary N) is 1. The number of hydrogen-bond acceptors (Lipinski definition) is 3. The number of rotatable bonds is 4. The molecule has 0 bridgehead atoms. The molecule has 24 heavy (non-hydrogen) atoms. The monoisotopic (exact) mass is 361 g/mol. The van der Waals surface area contributed by atoms with Gasteiger partial charge in [-0.05, 0) is 54.8 Å². The maximum absolute atomic E-state index is 11.8. The molecule has 1 heterocycles. The Kier molecular flexibility index (Phi) is 4.95. The quantitative estimate of drug-likeness (QED) is 0.644. The summed E-state index contributed by atoms with van der Waals surface area (Å²) >= 11 is 12.1. The molecule has 0 saturated carbocycles. The molecule has 0 aliphatic rings. The summed E-state index contributed by atoms with van der Waals surface area (Å²) in [5, 5.41) is 5.64. The number of hydrogen-bond donors (Lipinski definition) is 1. The molecule has 0 unspecified atom stereocenters. The first-order valence-corrected chi connectivity index (χ1v) is 8.41. The Balaban J connectivity index is 1.88. The third-order valence-corrected chi connectivity index (χ3v) is 4.74. The molecule has 0 aliphatic carbocycles. The van der Waals surface area contributed by atoms with E-state index in [4.69, 9.17) is 27.6 Å². The lowest BCUT2D eigenvalue weighted by atomic mass is 10.1. The van der Waals surface area contributed by atoms with Gasteiger partial charge in [0.2, 0.25) is 0 Å². The molecule has 0 radical (unpaired) electrons. The van der Waals surface area contributed by atoms with Gasteiger partial charge < -0.3 is 9.73 Å². The molecule has 2 aromatic carbocycles. The van der Waals surface area contributed by atoms with Crippen LogP contribution in [0.3, 0.4) is 0 Å². The van der Waals surface area contributed by atoms with Gasteiger partial charge in [0, 0.05) is 34.1 Å². The van der Waals surface area contributed by atoms with Crippen LogP contribution in [0.2, 0.25) is 10.0 Å². The molecule has 1 aromatic heterocycles. The highest BCUT2D eigenvalue weighted by Crippen LogP contribution is 2.25. The average molecular weight is 362 g/mol. The van der Waals surface area contributed by atoms with E-state index in [2.05, 4.69) is 12.2 Å². The molecule has 3 aromatic rings. The Morgan fingerprint density at radius 1 is 1.12 bits per heavy atom. The second-order valence-corrected chi connectivity index (χ2v) is 6.69. The molecule has 0 aliphatic heterocycles. The fourth-order valence-electron chi connectivity index (χ4n) is 2.63. The van der Waals surface area contributed by atoms with Crippen molar-refractivity contribution in [2.24, 2.45) is 0 Å². The maximum Gasteiger partial charge on any atom is 0.336 e. The minimum absolute atomic E-state index is 0.116. The van der Waals surface area contributed by atoms with Gasteiger partial charge in [0.15, 0.2) is 0 Å². The molecular weight excluding hydrogens is 345 g/mol. The summed E-state index contributed by atoms with van der Waals surface area (Å²) in [6, 6.07) is 13.0. The summed E-state index contributed by atoms with van der Waals surface area (Å²) < 4.78 is 5.29. The molecule has 0 saturated heterocycles. The third kappa shape index (κ3) is 3.64. The first-order valence-electron chi connectivity index (χ1n) is 7.66. The average Bonchev–Trinajstić information content (AvgIpc) is 2.54. The molecule has 0 amide bonds. The lowest BCUT2D eigenvalue weighted by Gasteiger charge is -2.15. The second-order valence-electron chi connectivity index (χ2n) is 5.84. The Labute approximate surface area is 150 Å². The Morgan fingerprint density at radius 2 is 1.83 bits per heavy atom. The first-order chi connectivity index (χ1) is 11.4. The number of halogens is 2. The second kappa shape index (κ2) is 6.98. The summed E-state index contributed by atoms with van der Waals surface area (Å²) in [4.78, 5) is 11.8. The van der Waals surface area contributed by atoms with E-state index in [1.165, 1.54) is 6.07 Å². The lowest BCUT2D eigenvalue weighted by molar-refractivity contribution is 0.547. The van der Waals surface area contributed by atoms with Crippen LogP contribution < -0.4 is 10.9 Å². The van der Waals surface area contributed by atoms with E-state index in [-0.39, 0.29) is 11.7 Å². The van der Waals surface area contributed by atoms with Gasteiger partial charge in [0.05, 0.1) is 0 Å².